The maximum Gasteiger partial charge on any atom is 0.253 e. The topological polar surface area (TPSA) is 83.7 Å². The molecule has 0 aliphatic carbocycles. The number of sulfonamides is 1. The van der Waals surface area contributed by atoms with Crippen molar-refractivity contribution in [2.75, 3.05) is 20.1 Å². The number of aromatic nitrogens is 1. The summed E-state index contributed by atoms with van der Waals surface area (Å²) in [7, 11) is -1.85. The SMILES string of the molecule is Cc1noc(C)c1CN(C)C(=O)c1ccc(S(=O)(=O)N2CC(C)CC(C)C2)cc1. The van der Waals surface area contributed by atoms with Crippen LogP contribution in [0.25, 0.3) is 0 Å². The first-order valence-electron chi connectivity index (χ1n) is 9.87. The number of hydrogen-bond acceptors (Lipinski definition) is 5. The molecule has 7 nitrogen and oxygen atoms in total. The van der Waals surface area contributed by atoms with E-state index in [9.17, 15) is 13.2 Å². The number of amides is 1. The maximum atomic E-state index is 13.0. The van der Waals surface area contributed by atoms with Crippen LogP contribution in [0.15, 0.2) is 33.7 Å². The van der Waals surface area contributed by atoms with E-state index in [1.54, 1.807) is 28.4 Å². The number of carbonyl (C=O) groups is 1. The van der Waals surface area contributed by atoms with Gasteiger partial charge in [-0.15, -0.1) is 0 Å². The number of hydrogen-bond donors (Lipinski definition) is 0. The summed E-state index contributed by atoms with van der Waals surface area (Å²) in [6.45, 7) is 9.26. The van der Waals surface area contributed by atoms with Crippen molar-refractivity contribution in [3.63, 3.8) is 0 Å². The summed E-state index contributed by atoms with van der Waals surface area (Å²) in [4.78, 5) is 14.6. The van der Waals surface area contributed by atoms with Crippen LogP contribution < -0.4 is 0 Å². The lowest BCUT2D eigenvalue weighted by Crippen LogP contribution is -2.42. The van der Waals surface area contributed by atoms with Gasteiger partial charge < -0.3 is 9.42 Å². The molecule has 1 aromatic heterocycles. The molecule has 158 valence electrons. The van der Waals surface area contributed by atoms with E-state index in [2.05, 4.69) is 19.0 Å². The zero-order valence-electron chi connectivity index (χ0n) is 17.7. The molecule has 2 atom stereocenters. The van der Waals surface area contributed by atoms with Crippen LogP contribution in [0.1, 0.15) is 47.6 Å². The predicted molar refractivity (Wildman–Crippen MR) is 110 cm³/mol. The van der Waals surface area contributed by atoms with Crippen LogP contribution in [0.5, 0.6) is 0 Å². The molecule has 1 aliphatic rings. The average molecular weight is 420 g/mol. The predicted octanol–water partition coefficient (Wildman–Crippen LogP) is 3.23. The lowest BCUT2D eigenvalue weighted by molar-refractivity contribution is 0.0784. The molecule has 1 saturated heterocycles. The zero-order valence-corrected chi connectivity index (χ0v) is 18.5. The molecule has 0 spiro atoms. The van der Waals surface area contributed by atoms with Crippen LogP contribution in [0.4, 0.5) is 0 Å². The molecule has 1 aromatic carbocycles. The minimum atomic E-state index is -3.56. The maximum absolute atomic E-state index is 13.0. The van der Waals surface area contributed by atoms with E-state index < -0.39 is 10.0 Å². The highest BCUT2D eigenvalue weighted by Gasteiger charge is 2.31. The van der Waals surface area contributed by atoms with Crippen molar-refractivity contribution in [3.8, 4) is 0 Å². The van der Waals surface area contributed by atoms with E-state index in [-0.39, 0.29) is 10.8 Å². The standard InChI is InChI=1S/C21H29N3O4S/c1-14-10-15(2)12-24(11-14)29(26,27)19-8-6-18(7-9-19)21(25)23(5)13-20-16(3)22-28-17(20)4/h6-9,14-15H,10-13H2,1-5H3. The molecule has 0 radical (unpaired) electrons. The lowest BCUT2D eigenvalue weighted by atomic mass is 9.94. The molecule has 0 bridgehead atoms. The molecule has 1 amide bonds. The molecule has 2 unspecified atom stereocenters. The Kier molecular flexibility index (Phi) is 6.14. The largest absolute Gasteiger partial charge is 0.361 e. The van der Waals surface area contributed by atoms with Gasteiger partial charge in [-0.05, 0) is 56.4 Å². The number of aryl methyl sites for hydroxylation is 2. The van der Waals surface area contributed by atoms with Crippen LogP contribution in [0.2, 0.25) is 0 Å². The molecular weight excluding hydrogens is 390 g/mol. The highest BCUT2D eigenvalue weighted by atomic mass is 32.2. The third kappa shape index (κ3) is 4.53. The molecule has 8 heteroatoms. The van der Waals surface area contributed by atoms with E-state index in [4.69, 9.17) is 4.52 Å². The van der Waals surface area contributed by atoms with Gasteiger partial charge in [0.15, 0.2) is 0 Å². The fraction of sp³-hybridized carbons (Fsp3) is 0.524. The van der Waals surface area contributed by atoms with Gasteiger partial charge in [0, 0.05) is 31.3 Å². The number of nitrogens with zero attached hydrogens (tertiary/aromatic N) is 3. The van der Waals surface area contributed by atoms with Gasteiger partial charge in [-0.25, -0.2) is 8.42 Å². The summed E-state index contributed by atoms with van der Waals surface area (Å²) in [6, 6.07) is 6.21. The smallest absolute Gasteiger partial charge is 0.253 e. The van der Waals surface area contributed by atoms with Crippen LogP contribution >= 0.6 is 0 Å². The van der Waals surface area contributed by atoms with Gasteiger partial charge in [0.25, 0.3) is 5.91 Å². The number of benzene rings is 1. The van der Waals surface area contributed by atoms with Crippen molar-refractivity contribution in [3.05, 3.63) is 46.8 Å². The number of piperidine rings is 1. The van der Waals surface area contributed by atoms with Crippen LogP contribution in [-0.2, 0) is 16.6 Å². The Bertz CT molecular complexity index is 952. The van der Waals surface area contributed by atoms with Crippen LogP contribution in [-0.4, -0.2) is 48.8 Å². The van der Waals surface area contributed by atoms with Crippen molar-refractivity contribution in [2.24, 2.45) is 11.8 Å². The van der Waals surface area contributed by atoms with Gasteiger partial charge >= 0.3 is 0 Å². The summed E-state index contributed by atoms with van der Waals surface area (Å²) in [5, 5.41) is 3.91. The second kappa shape index (κ2) is 8.28. The van der Waals surface area contributed by atoms with E-state index >= 15 is 0 Å². The van der Waals surface area contributed by atoms with Crippen LogP contribution in [0.3, 0.4) is 0 Å². The summed E-state index contributed by atoms with van der Waals surface area (Å²) in [6.07, 6.45) is 1.04. The van der Waals surface area contributed by atoms with Gasteiger partial charge in [0.05, 0.1) is 17.1 Å². The van der Waals surface area contributed by atoms with Gasteiger partial charge in [0.2, 0.25) is 10.0 Å². The van der Waals surface area contributed by atoms with Gasteiger partial charge in [-0.3, -0.25) is 4.79 Å². The highest BCUT2D eigenvalue weighted by Crippen LogP contribution is 2.27. The van der Waals surface area contributed by atoms with Crippen molar-refractivity contribution in [2.45, 2.75) is 45.6 Å². The summed E-state index contributed by atoms with van der Waals surface area (Å²) in [5.41, 5.74) is 2.08. The Balaban J connectivity index is 1.74. The normalized spacial score (nSPS) is 20.6. The quantitative estimate of drug-likeness (QED) is 0.743. The number of carbonyl (C=O) groups excluding carboxylic acids is 1. The summed E-state index contributed by atoms with van der Waals surface area (Å²) in [5.74, 6) is 1.18. The molecule has 0 N–H and O–H groups in total. The second-order valence-corrected chi connectivity index (χ2v) is 10.2. The molecule has 1 fully saturated rings. The first kappa shape index (κ1) is 21.5. The zero-order chi connectivity index (χ0) is 21.3. The molecule has 2 heterocycles. The Labute approximate surface area is 172 Å². The third-order valence-electron chi connectivity index (χ3n) is 5.50. The Hall–Kier alpha value is -2.19. The fourth-order valence-electron chi connectivity index (χ4n) is 3.98. The van der Waals surface area contributed by atoms with Gasteiger partial charge in [0.1, 0.15) is 5.76 Å². The highest BCUT2D eigenvalue weighted by molar-refractivity contribution is 7.89. The fourth-order valence-corrected chi connectivity index (χ4v) is 5.66. The molecule has 1 aliphatic heterocycles. The first-order chi connectivity index (χ1) is 13.6. The minimum absolute atomic E-state index is 0.186. The second-order valence-electron chi connectivity index (χ2n) is 8.26. The van der Waals surface area contributed by atoms with E-state index in [1.807, 2.05) is 13.8 Å². The monoisotopic (exact) mass is 419 g/mol. The summed E-state index contributed by atoms with van der Waals surface area (Å²) >= 11 is 0. The van der Waals surface area contributed by atoms with Crippen molar-refractivity contribution >= 4 is 15.9 Å². The van der Waals surface area contributed by atoms with E-state index in [1.165, 1.54) is 12.1 Å². The molecule has 2 aromatic rings. The van der Waals surface area contributed by atoms with E-state index in [0.29, 0.717) is 42.8 Å². The summed E-state index contributed by atoms with van der Waals surface area (Å²) < 4.78 is 32.7. The first-order valence-corrected chi connectivity index (χ1v) is 11.3. The van der Waals surface area contributed by atoms with Crippen molar-refractivity contribution in [1.82, 2.24) is 14.4 Å². The molecule has 0 saturated carbocycles. The Morgan fingerprint density at radius 3 is 2.28 bits per heavy atom. The van der Waals surface area contributed by atoms with Crippen LogP contribution in [0, 0.1) is 25.7 Å². The Morgan fingerprint density at radius 2 is 1.76 bits per heavy atom. The van der Waals surface area contributed by atoms with Crippen molar-refractivity contribution < 1.29 is 17.7 Å². The van der Waals surface area contributed by atoms with Crippen molar-refractivity contribution in [1.29, 1.82) is 0 Å². The lowest BCUT2D eigenvalue weighted by Gasteiger charge is -2.34. The van der Waals surface area contributed by atoms with Gasteiger partial charge in [-0.2, -0.15) is 4.31 Å². The average Bonchev–Trinajstić information content (AvgIpc) is 2.98. The van der Waals surface area contributed by atoms with E-state index in [0.717, 1.165) is 17.7 Å². The third-order valence-corrected chi connectivity index (χ3v) is 7.34. The minimum Gasteiger partial charge on any atom is -0.361 e. The molecule has 3 rings (SSSR count). The van der Waals surface area contributed by atoms with Gasteiger partial charge in [-0.1, -0.05) is 19.0 Å². The Morgan fingerprint density at radius 1 is 1.17 bits per heavy atom. The number of rotatable bonds is 5. The molecule has 29 heavy (non-hydrogen) atoms. The molecular formula is C21H29N3O4S.